The van der Waals surface area contributed by atoms with E-state index in [9.17, 15) is 0 Å². The molecule has 0 bridgehead atoms. The van der Waals surface area contributed by atoms with E-state index in [-0.39, 0.29) is 0 Å². The molecule has 0 saturated carbocycles. The molecule has 0 radical (unpaired) electrons. The second kappa shape index (κ2) is 5.23. The molecule has 18 heavy (non-hydrogen) atoms. The van der Waals surface area contributed by atoms with Crippen molar-refractivity contribution in [2.45, 2.75) is 4.90 Å². The maximum absolute atomic E-state index is 8.41. The van der Waals surface area contributed by atoms with Crippen LogP contribution in [0.3, 0.4) is 0 Å². The van der Waals surface area contributed by atoms with Crippen molar-refractivity contribution in [3.05, 3.63) is 54.6 Å². The summed E-state index contributed by atoms with van der Waals surface area (Å²) >= 11 is 0. The summed E-state index contributed by atoms with van der Waals surface area (Å²) in [5, 5.41) is 0. The van der Waals surface area contributed by atoms with E-state index in [4.69, 9.17) is 9.52 Å². The zero-order valence-corrected chi connectivity index (χ0v) is 11.3. The maximum Gasteiger partial charge on any atom is 0.118 e. The van der Waals surface area contributed by atoms with Crippen LogP contribution in [-0.4, -0.2) is 13.4 Å². The number of ether oxygens (including phenoxy) is 1. The molecule has 2 aromatic rings. The Morgan fingerprint density at radius 2 is 1.61 bits per heavy atom. The van der Waals surface area contributed by atoms with Gasteiger partial charge in [-0.05, 0) is 46.0 Å². The predicted octanol–water partition coefficient (Wildman–Crippen LogP) is 4.12. The topological polar surface area (TPSA) is 45.4 Å². The van der Waals surface area contributed by atoms with Gasteiger partial charge in [0.25, 0.3) is 0 Å². The first-order valence-corrected chi connectivity index (χ1v) is 7.57. The molecule has 0 spiro atoms. The summed E-state index contributed by atoms with van der Waals surface area (Å²) in [6, 6.07) is 17.2. The molecule has 94 valence electrons. The highest BCUT2D eigenvalue weighted by Gasteiger charge is 2.02. The molecular weight excluding hydrogens is 244 g/mol. The van der Waals surface area contributed by atoms with Crippen molar-refractivity contribution in [1.82, 2.24) is 0 Å². The van der Waals surface area contributed by atoms with Gasteiger partial charge in [-0.2, -0.15) is 0 Å². The van der Waals surface area contributed by atoms with Gasteiger partial charge in [0.2, 0.25) is 0 Å². The molecule has 1 unspecified atom stereocenters. The number of methoxy groups -OCH3 is 1. The van der Waals surface area contributed by atoms with E-state index < -0.39 is 9.62 Å². The molecule has 4 heteroatoms. The molecular formula is C14H16N2OS. The van der Waals surface area contributed by atoms with Gasteiger partial charge in [-0.15, -0.1) is 0 Å². The minimum Gasteiger partial charge on any atom is -0.497 e. The van der Waals surface area contributed by atoms with E-state index >= 15 is 0 Å². The molecule has 2 aromatic carbocycles. The van der Waals surface area contributed by atoms with Gasteiger partial charge in [-0.3, -0.25) is 4.78 Å². The van der Waals surface area contributed by atoms with Crippen LogP contribution in [0.5, 0.6) is 5.75 Å². The van der Waals surface area contributed by atoms with E-state index in [1.807, 2.05) is 60.9 Å². The van der Waals surface area contributed by atoms with Gasteiger partial charge >= 0.3 is 0 Å². The highest BCUT2D eigenvalue weighted by atomic mass is 32.2. The van der Waals surface area contributed by atoms with Crippen molar-refractivity contribution in [2.75, 3.05) is 13.4 Å². The monoisotopic (exact) mass is 260 g/mol. The van der Waals surface area contributed by atoms with E-state index in [0.29, 0.717) is 0 Å². The number of hydrogen-bond acceptors (Lipinski definition) is 3. The number of hydrogen-bond donors (Lipinski definition) is 1. The Labute approximate surface area is 108 Å². The molecule has 0 saturated heterocycles. The van der Waals surface area contributed by atoms with Crippen molar-refractivity contribution in [1.29, 1.82) is 4.78 Å². The molecule has 0 fully saturated rings. The fourth-order valence-corrected chi connectivity index (χ4v) is 2.91. The van der Waals surface area contributed by atoms with Gasteiger partial charge in [-0.1, -0.05) is 18.2 Å². The fraction of sp³-hybridized carbons (Fsp3) is 0.143. The first kappa shape index (κ1) is 12.6. The van der Waals surface area contributed by atoms with Gasteiger partial charge < -0.3 is 4.74 Å². The lowest BCUT2D eigenvalue weighted by Crippen LogP contribution is -1.94. The smallest absolute Gasteiger partial charge is 0.118 e. The van der Waals surface area contributed by atoms with Crippen LogP contribution in [0.4, 0.5) is 5.69 Å². The van der Waals surface area contributed by atoms with Gasteiger partial charge in [0, 0.05) is 11.2 Å². The fourth-order valence-electron chi connectivity index (χ4n) is 1.59. The van der Waals surface area contributed by atoms with Crippen LogP contribution in [0.1, 0.15) is 0 Å². The third kappa shape index (κ3) is 2.90. The molecule has 0 aliphatic heterocycles. The molecule has 0 aliphatic carbocycles. The number of nitrogens with zero attached hydrogens (tertiary/aromatic N) is 1. The third-order valence-electron chi connectivity index (χ3n) is 2.56. The van der Waals surface area contributed by atoms with Gasteiger partial charge in [-0.25, -0.2) is 4.36 Å². The second-order valence-corrected chi connectivity index (χ2v) is 6.38. The van der Waals surface area contributed by atoms with Crippen LogP contribution in [-0.2, 0) is 9.62 Å². The Hall–Kier alpha value is -1.81. The molecule has 0 aromatic heterocycles. The standard InChI is InChI=1S/C14H16N2OS/c1-17-13-8-10-14(11-9-13)18(2,15)16-12-6-4-3-5-7-12/h3-11,15H,1-2H3. The maximum atomic E-state index is 8.41. The molecule has 3 nitrogen and oxygen atoms in total. The molecule has 0 aliphatic rings. The third-order valence-corrected chi connectivity index (χ3v) is 4.33. The SMILES string of the molecule is COc1ccc(S(C)(=N)=Nc2ccccc2)cc1. The van der Waals surface area contributed by atoms with Crippen LogP contribution >= 0.6 is 0 Å². The zero-order valence-electron chi connectivity index (χ0n) is 10.5. The van der Waals surface area contributed by atoms with Crippen molar-refractivity contribution in [3.63, 3.8) is 0 Å². The van der Waals surface area contributed by atoms with Crippen LogP contribution < -0.4 is 4.74 Å². The lowest BCUT2D eigenvalue weighted by molar-refractivity contribution is 0.414. The summed E-state index contributed by atoms with van der Waals surface area (Å²) in [6.45, 7) is 0. The number of benzene rings is 2. The average Bonchev–Trinajstić information content (AvgIpc) is 2.39. The first-order chi connectivity index (χ1) is 8.62. The highest BCUT2D eigenvalue weighted by molar-refractivity contribution is 7.94. The minimum absolute atomic E-state index is 0.800. The normalized spacial score (nSPS) is 13.7. The largest absolute Gasteiger partial charge is 0.497 e. The van der Waals surface area contributed by atoms with E-state index in [1.54, 1.807) is 7.11 Å². The Morgan fingerprint density at radius 1 is 1.00 bits per heavy atom. The summed E-state index contributed by atoms with van der Waals surface area (Å²) in [7, 11) is -0.284. The quantitative estimate of drug-likeness (QED) is 0.886. The van der Waals surface area contributed by atoms with Gasteiger partial charge in [0.05, 0.1) is 12.8 Å². The summed E-state index contributed by atoms with van der Waals surface area (Å²) in [5.41, 5.74) is 0.848. The van der Waals surface area contributed by atoms with Crippen LogP contribution in [0.15, 0.2) is 63.9 Å². The molecule has 0 heterocycles. The van der Waals surface area contributed by atoms with Crippen molar-refractivity contribution < 1.29 is 4.74 Å². The van der Waals surface area contributed by atoms with Gasteiger partial charge in [0.15, 0.2) is 0 Å². The number of rotatable bonds is 3. The summed E-state index contributed by atoms with van der Waals surface area (Å²) in [6.07, 6.45) is 1.86. The second-order valence-electron chi connectivity index (χ2n) is 3.98. The molecule has 1 N–H and O–H groups in total. The lowest BCUT2D eigenvalue weighted by Gasteiger charge is -2.09. The first-order valence-electron chi connectivity index (χ1n) is 5.57. The van der Waals surface area contributed by atoms with E-state index in [1.165, 1.54) is 0 Å². The molecule has 2 rings (SSSR count). The van der Waals surface area contributed by atoms with E-state index in [0.717, 1.165) is 16.3 Å². The summed E-state index contributed by atoms with van der Waals surface area (Å²) < 4.78 is 18.1. The number of nitrogens with one attached hydrogen (secondary N) is 1. The van der Waals surface area contributed by atoms with Crippen molar-refractivity contribution >= 4 is 15.3 Å². The highest BCUT2D eigenvalue weighted by Crippen LogP contribution is 2.21. The van der Waals surface area contributed by atoms with Gasteiger partial charge in [0.1, 0.15) is 5.75 Å². The zero-order chi connectivity index (χ0) is 13.0. The molecule has 1 atom stereocenters. The predicted molar refractivity (Wildman–Crippen MR) is 75.8 cm³/mol. The van der Waals surface area contributed by atoms with E-state index in [2.05, 4.69) is 4.36 Å². The van der Waals surface area contributed by atoms with Crippen molar-refractivity contribution in [3.8, 4) is 5.75 Å². The van der Waals surface area contributed by atoms with Crippen LogP contribution in [0, 0.1) is 4.78 Å². The Morgan fingerprint density at radius 3 is 2.17 bits per heavy atom. The molecule has 0 amide bonds. The van der Waals surface area contributed by atoms with Crippen LogP contribution in [0.25, 0.3) is 0 Å². The average molecular weight is 260 g/mol. The Balaban J connectivity index is 2.41. The minimum atomic E-state index is -1.92. The van der Waals surface area contributed by atoms with Crippen LogP contribution in [0.2, 0.25) is 0 Å². The Bertz CT molecular complexity index is 627. The Kier molecular flexibility index (Phi) is 3.67. The van der Waals surface area contributed by atoms with Crippen molar-refractivity contribution in [2.24, 2.45) is 4.36 Å². The summed E-state index contributed by atoms with van der Waals surface area (Å²) in [4.78, 5) is 0.923. The lowest BCUT2D eigenvalue weighted by atomic mass is 10.3. The summed E-state index contributed by atoms with van der Waals surface area (Å²) in [5.74, 6) is 0.800.